The molecule has 0 atom stereocenters. The molecule has 18 heavy (non-hydrogen) atoms. The van der Waals surface area contributed by atoms with E-state index < -0.39 is 21.9 Å². The molecule has 0 fully saturated rings. The zero-order valence-electron chi connectivity index (χ0n) is 9.36. The van der Waals surface area contributed by atoms with Crippen molar-refractivity contribution in [3.63, 3.8) is 0 Å². The van der Waals surface area contributed by atoms with Crippen LogP contribution < -0.4 is 11.2 Å². The summed E-state index contributed by atoms with van der Waals surface area (Å²) >= 11 is 0. The lowest BCUT2D eigenvalue weighted by Crippen LogP contribution is -2.31. The molecule has 9 heteroatoms. The smallest absolute Gasteiger partial charge is 0.289 e. The van der Waals surface area contributed by atoms with Crippen molar-refractivity contribution in [3.8, 4) is 0 Å². The van der Waals surface area contributed by atoms with Gasteiger partial charge >= 0.3 is 16.9 Å². The molecule has 0 spiro atoms. The molecule has 2 aromatic heterocycles. The van der Waals surface area contributed by atoms with Crippen LogP contribution >= 0.6 is 0 Å². The van der Waals surface area contributed by atoms with E-state index in [2.05, 4.69) is 5.10 Å². The first-order valence-corrected chi connectivity index (χ1v) is 4.93. The summed E-state index contributed by atoms with van der Waals surface area (Å²) in [6.45, 7) is 0.101. The third-order valence-corrected chi connectivity index (χ3v) is 2.30. The van der Waals surface area contributed by atoms with Gasteiger partial charge in [0, 0.05) is 18.8 Å². The van der Waals surface area contributed by atoms with Crippen molar-refractivity contribution >= 4 is 5.69 Å². The summed E-state index contributed by atoms with van der Waals surface area (Å²) < 4.78 is 2.59. The van der Waals surface area contributed by atoms with E-state index in [1.165, 1.54) is 6.20 Å². The lowest BCUT2D eigenvalue weighted by atomic mass is 10.3. The molecule has 0 saturated carbocycles. The van der Waals surface area contributed by atoms with Crippen LogP contribution in [0.4, 0.5) is 5.69 Å². The fourth-order valence-corrected chi connectivity index (χ4v) is 1.50. The minimum absolute atomic E-state index is 0.101. The highest BCUT2D eigenvalue weighted by molar-refractivity contribution is 5.21. The molecule has 2 rings (SSSR count). The molecule has 2 aromatic rings. The molecule has 0 aliphatic rings. The Balaban J connectivity index is 2.45. The normalized spacial score (nSPS) is 10.5. The molecular formula is C9H9N5O4. The molecule has 1 N–H and O–H groups in total. The van der Waals surface area contributed by atoms with Gasteiger partial charge in [-0.15, -0.1) is 0 Å². The van der Waals surface area contributed by atoms with Crippen LogP contribution in [0.15, 0.2) is 28.2 Å². The number of aromatic amines is 1. The van der Waals surface area contributed by atoms with Crippen molar-refractivity contribution in [2.24, 2.45) is 7.05 Å². The Bertz CT molecular complexity index is 710. The van der Waals surface area contributed by atoms with Gasteiger partial charge in [0.05, 0.1) is 23.9 Å². The Kier molecular flexibility index (Phi) is 2.80. The highest BCUT2D eigenvalue weighted by atomic mass is 16.6. The van der Waals surface area contributed by atoms with Gasteiger partial charge in [-0.2, -0.15) is 5.10 Å². The number of aryl methyl sites for hydroxylation is 1. The van der Waals surface area contributed by atoms with Crippen LogP contribution in [0.3, 0.4) is 0 Å². The Labute approximate surface area is 99.5 Å². The summed E-state index contributed by atoms with van der Waals surface area (Å²) in [5.74, 6) is 0. The largest absolute Gasteiger partial charge is 0.350 e. The van der Waals surface area contributed by atoms with Crippen molar-refractivity contribution in [2.75, 3.05) is 0 Å². The molecule has 94 valence electrons. The van der Waals surface area contributed by atoms with Gasteiger partial charge in [0.25, 0.3) is 0 Å². The summed E-state index contributed by atoms with van der Waals surface area (Å²) in [6.07, 6.45) is 4.13. The molecule has 0 bridgehead atoms. The second-order valence-electron chi connectivity index (χ2n) is 3.68. The molecule has 0 radical (unpaired) electrons. The molecule has 2 heterocycles. The average molecular weight is 251 g/mol. The quantitative estimate of drug-likeness (QED) is 0.567. The van der Waals surface area contributed by atoms with Crippen molar-refractivity contribution in [3.05, 3.63) is 55.1 Å². The molecule has 0 aliphatic heterocycles. The number of aromatic nitrogens is 4. The van der Waals surface area contributed by atoms with Crippen LogP contribution in [0.2, 0.25) is 0 Å². The fraction of sp³-hybridized carbons (Fsp3) is 0.222. The van der Waals surface area contributed by atoms with E-state index in [0.717, 1.165) is 10.8 Å². The molecule has 0 saturated heterocycles. The number of nitrogens with zero attached hydrogens (tertiary/aromatic N) is 4. The van der Waals surface area contributed by atoms with E-state index in [0.29, 0.717) is 5.56 Å². The van der Waals surface area contributed by atoms with Crippen molar-refractivity contribution in [1.29, 1.82) is 0 Å². The van der Waals surface area contributed by atoms with Gasteiger partial charge in [-0.25, -0.2) is 4.79 Å². The average Bonchev–Trinajstić information content (AvgIpc) is 2.67. The van der Waals surface area contributed by atoms with Crippen LogP contribution in [0.25, 0.3) is 0 Å². The molecule has 0 aromatic carbocycles. The zero-order chi connectivity index (χ0) is 13.3. The van der Waals surface area contributed by atoms with E-state index in [1.54, 1.807) is 17.9 Å². The van der Waals surface area contributed by atoms with Crippen LogP contribution in [0, 0.1) is 10.1 Å². The van der Waals surface area contributed by atoms with Gasteiger partial charge in [-0.3, -0.25) is 29.1 Å². The second kappa shape index (κ2) is 4.28. The van der Waals surface area contributed by atoms with Gasteiger partial charge in [0.2, 0.25) is 0 Å². The lowest BCUT2D eigenvalue weighted by Gasteiger charge is -2.01. The predicted octanol–water partition coefficient (Wildman–Crippen LogP) is -0.773. The number of rotatable bonds is 3. The molecular weight excluding hydrogens is 242 g/mol. The summed E-state index contributed by atoms with van der Waals surface area (Å²) in [5.41, 5.74) is -1.68. The summed E-state index contributed by atoms with van der Waals surface area (Å²) in [5, 5.41) is 14.5. The summed E-state index contributed by atoms with van der Waals surface area (Å²) in [4.78, 5) is 34.3. The number of hydrogen-bond acceptors (Lipinski definition) is 5. The number of H-pyrrole nitrogens is 1. The highest BCUT2D eigenvalue weighted by Gasteiger charge is 2.15. The standard InChI is InChI=1S/C9H9N5O4/c1-12-3-6(2-10-12)4-13-5-7(14(17)18)8(15)11-9(13)16/h2-3,5H,4H2,1H3,(H,11,15,16). The molecule has 0 unspecified atom stereocenters. The first-order chi connectivity index (χ1) is 8.47. The second-order valence-corrected chi connectivity index (χ2v) is 3.68. The van der Waals surface area contributed by atoms with E-state index in [-0.39, 0.29) is 6.54 Å². The maximum atomic E-state index is 11.5. The monoisotopic (exact) mass is 251 g/mol. The number of nitro groups is 1. The maximum Gasteiger partial charge on any atom is 0.350 e. The zero-order valence-corrected chi connectivity index (χ0v) is 9.36. The summed E-state index contributed by atoms with van der Waals surface area (Å²) in [6, 6.07) is 0. The fourth-order valence-electron chi connectivity index (χ4n) is 1.50. The Morgan fingerprint density at radius 2 is 2.17 bits per heavy atom. The van der Waals surface area contributed by atoms with E-state index in [1.807, 2.05) is 4.98 Å². The predicted molar refractivity (Wildman–Crippen MR) is 60.3 cm³/mol. The number of hydrogen-bond donors (Lipinski definition) is 1. The van der Waals surface area contributed by atoms with E-state index >= 15 is 0 Å². The van der Waals surface area contributed by atoms with Gasteiger partial charge in [0.15, 0.2) is 0 Å². The highest BCUT2D eigenvalue weighted by Crippen LogP contribution is 2.02. The van der Waals surface area contributed by atoms with Crippen molar-refractivity contribution < 1.29 is 4.92 Å². The molecule has 0 aliphatic carbocycles. The van der Waals surface area contributed by atoms with E-state index in [9.17, 15) is 19.7 Å². The van der Waals surface area contributed by atoms with Gasteiger partial charge in [-0.05, 0) is 0 Å². The van der Waals surface area contributed by atoms with Crippen molar-refractivity contribution in [2.45, 2.75) is 6.54 Å². The first-order valence-electron chi connectivity index (χ1n) is 4.93. The maximum absolute atomic E-state index is 11.5. The first kappa shape index (κ1) is 11.8. The van der Waals surface area contributed by atoms with Crippen LogP contribution in [0.5, 0.6) is 0 Å². The topological polar surface area (TPSA) is 116 Å². The summed E-state index contributed by atoms with van der Waals surface area (Å²) in [7, 11) is 1.71. The van der Waals surface area contributed by atoms with Crippen molar-refractivity contribution in [1.82, 2.24) is 19.3 Å². The lowest BCUT2D eigenvalue weighted by molar-refractivity contribution is -0.386. The van der Waals surface area contributed by atoms with Crippen LogP contribution in [-0.2, 0) is 13.6 Å². The minimum atomic E-state index is -1.01. The SMILES string of the molecule is Cn1cc(Cn2cc([N+](=O)[O-])c(=O)[nH]c2=O)cn1. The number of nitrogens with one attached hydrogen (secondary N) is 1. The van der Waals surface area contributed by atoms with Crippen LogP contribution in [0.1, 0.15) is 5.56 Å². The van der Waals surface area contributed by atoms with Gasteiger partial charge in [-0.1, -0.05) is 0 Å². The minimum Gasteiger partial charge on any atom is -0.289 e. The van der Waals surface area contributed by atoms with Gasteiger partial charge in [0.1, 0.15) is 0 Å². The Morgan fingerprint density at radius 3 is 2.72 bits per heavy atom. The van der Waals surface area contributed by atoms with Gasteiger partial charge < -0.3 is 0 Å². The third kappa shape index (κ3) is 2.19. The molecule has 0 amide bonds. The third-order valence-electron chi connectivity index (χ3n) is 2.30. The Hall–Kier alpha value is -2.71. The Morgan fingerprint density at radius 1 is 1.44 bits per heavy atom. The van der Waals surface area contributed by atoms with Crippen LogP contribution in [-0.4, -0.2) is 24.3 Å². The van der Waals surface area contributed by atoms with E-state index in [4.69, 9.17) is 0 Å². The molecule has 9 nitrogen and oxygen atoms in total.